The van der Waals surface area contributed by atoms with Crippen molar-refractivity contribution in [2.45, 2.75) is 25.5 Å². The summed E-state index contributed by atoms with van der Waals surface area (Å²) in [7, 11) is -4.34. The van der Waals surface area contributed by atoms with Crippen LogP contribution in [-0.4, -0.2) is 42.3 Å². The predicted molar refractivity (Wildman–Crippen MR) is 70.9 cm³/mol. The van der Waals surface area contributed by atoms with E-state index in [4.69, 9.17) is 4.74 Å². The monoisotopic (exact) mass is 321 g/mol. The molecule has 1 aromatic carbocycles. The maximum absolute atomic E-state index is 11.9. The van der Waals surface area contributed by atoms with E-state index in [0.29, 0.717) is 19.4 Å². The van der Waals surface area contributed by atoms with Gasteiger partial charge in [0.25, 0.3) is 0 Å². The van der Waals surface area contributed by atoms with E-state index in [1.165, 1.54) is 4.90 Å². The van der Waals surface area contributed by atoms with Crippen LogP contribution in [0.5, 0.6) is 0 Å². The number of carbonyl (C=O) groups excluding carboxylic acids is 1. The summed E-state index contributed by atoms with van der Waals surface area (Å²) in [6.07, 6.45) is 0.628. The summed E-state index contributed by atoms with van der Waals surface area (Å²) in [5, 5.41) is 0. The van der Waals surface area contributed by atoms with E-state index in [9.17, 15) is 17.8 Å². The van der Waals surface area contributed by atoms with E-state index in [1.54, 1.807) is 0 Å². The van der Waals surface area contributed by atoms with Crippen LogP contribution in [0.1, 0.15) is 18.4 Å². The number of hydrogen-bond acceptors (Lipinski definition) is 5. The van der Waals surface area contributed by atoms with Crippen molar-refractivity contribution in [3.63, 3.8) is 0 Å². The molecule has 2 rings (SSSR count). The molecule has 0 bridgehead atoms. The predicted octanol–water partition coefficient (Wildman–Crippen LogP) is -1.66. The summed E-state index contributed by atoms with van der Waals surface area (Å²) in [4.78, 5) is 13.3. The van der Waals surface area contributed by atoms with Crippen molar-refractivity contribution in [3.8, 4) is 0 Å². The van der Waals surface area contributed by atoms with Crippen LogP contribution in [0, 0.1) is 0 Å². The molecule has 0 aliphatic carbocycles. The van der Waals surface area contributed by atoms with E-state index in [0.717, 1.165) is 5.56 Å². The molecule has 110 valence electrons. The molecule has 0 spiro atoms. The van der Waals surface area contributed by atoms with Gasteiger partial charge in [0, 0.05) is 12.6 Å². The second kappa shape index (κ2) is 8.14. The van der Waals surface area contributed by atoms with Crippen LogP contribution in [0.15, 0.2) is 30.3 Å². The molecule has 1 aliphatic rings. The number of amides is 1. The second-order valence-electron chi connectivity index (χ2n) is 4.75. The van der Waals surface area contributed by atoms with Crippen LogP contribution >= 0.6 is 0 Å². The second-order valence-corrected chi connectivity index (χ2v) is 6.20. The van der Waals surface area contributed by atoms with Gasteiger partial charge in [-0.25, -0.2) is 13.2 Å². The van der Waals surface area contributed by atoms with Gasteiger partial charge in [-0.05, 0) is 18.4 Å². The van der Waals surface area contributed by atoms with E-state index in [-0.39, 0.29) is 36.2 Å². The third-order valence-corrected chi connectivity index (χ3v) is 4.01. The molecule has 0 saturated carbocycles. The molecule has 1 aliphatic heterocycles. The molecule has 1 atom stereocenters. The Morgan fingerprint density at radius 3 is 2.62 bits per heavy atom. The summed E-state index contributed by atoms with van der Waals surface area (Å²) in [6.45, 7) is 0.556. The smallest absolute Gasteiger partial charge is 0.748 e. The number of hydrogen-bond donors (Lipinski definition) is 0. The fourth-order valence-electron chi connectivity index (χ4n) is 2.29. The van der Waals surface area contributed by atoms with Gasteiger partial charge in [0.05, 0.1) is 15.9 Å². The third-order valence-electron chi connectivity index (χ3n) is 3.21. The molecule has 0 unspecified atom stereocenters. The Kier molecular flexibility index (Phi) is 7.15. The average molecular weight is 321 g/mol. The fraction of sp³-hybridized carbons (Fsp3) is 0.462. The molecule has 0 N–H and O–H groups in total. The molecule has 1 amide bonds. The van der Waals surface area contributed by atoms with Crippen LogP contribution < -0.4 is 29.6 Å². The molecule has 1 fully saturated rings. The van der Waals surface area contributed by atoms with Crippen molar-refractivity contribution in [2.75, 3.05) is 12.3 Å². The number of ether oxygens (including phenoxy) is 1. The van der Waals surface area contributed by atoms with E-state index < -0.39 is 28.0 Å². The van der Waals surface area contributed by atoms with Crippen LogP contribution in [0.25, 0.3) is 0 Å². The first-order valence-corrected chi connectivity index (χ1v) is 7.94. The van der Waals surface area contributed by atoms with Crippen molar-refractivity contribution in [1.82, 2.24) is 4.90 Å². The van der Waals surface area contributed by atoms with Crippen LogP contribution in [0.3, 0.4) is 0 Å². The zero-order valence-corrected chi connectivity index (χ0v) is 14.7. The topological polar surface area (TPSA) is 86.7 Å². The van der Waals surface area contributed by atoms with E-state index >= 15 is 0 Å². The van der Waals surface area contributed by atoms with Gasteiger partial charge in [0.1, 0.15) is 6.61 Å². The number of carbonyl (C=O) groups is 1. The molecule has 6 nitrogen and oxygen atoms in total. The Labute approximate surface area is 146 Å². The fourth-order valence-corrected chi connectivity index (χ4v) is 3.11. The van der Waals surface area contributed by atoms with Crippen molar-refractivity contribution in [3.05, 3.63) is 35.9 Å². The Bertz CT molecular complexity index is 563. The van der Waals surface area contributed by atoms with Gasteiger partial charge in [-0.1, -0.05) is 30.3 Å². The van der Waals surface area contributed by atoms with E-state index in [2.05, 4.69) is 0 Å². The van der Waals surface area contributed by atoms with Gasteiger partial charge < -0.3 is 14.2 Å². The summed E-state index contributed by atoms with van der Waals surface area (Å²) >= 11 is 0. The van der Waals surface area contributed by atoms with Crippen molar-refractivity contribution >= 4 is 16.2 Å². The number of rotatable bonds is 4. The van der Waals surface area contributed by atoms with Crippen molar-refractivity contribution in [2.24, 2.45) is 0 Å². The standard InChI is InChI=1S/C13H17NO5S.Na/c15-13(19-9-11-5-2-1-3-6-11)14-8-4-7-12(14)10-20(16,17)18;/h1-3,5-6,12H,4,7-10H2,(H,16,17,18);/q;+1/p-1/t12-;/m0./s1. The van der Waals surface area contributed by atoms with Crippen molar-refractivity contribution < 1.29 is 52.1 Å². The van der Waals surface area contributed by atoms with Crippen LogP contribution in [0.4, 0.5) is 4.79 Å². The molecule has 1 heterocycles. The molecular formula is C13H16NNaO5S. The minimum absolute atomic E-state index is 0. The number of likely N-dealkylation sites (tertiary alicyclic amines) is 1. The van der Waals surface area contributed by atoms with Gasteiger partial charge >= 0.3 is 35.7 Å². The van der Waals surface area contributed by atoms with Crippen molar-refractivity contribution in [1.29, 1.82) is 0 Å². The summed E-state index contributed by atoms with van der Waals surface area (Å²) in [5.74, 6) is -0.548. The molecule has 1 aromatic rings. The van der Waals surface area contributed by atoms with Gasteiger partial charge in [-0.2, -0.15) is 0 Å². The molecule has 1 saturated heterocycles. The summed E-state index contributed by atoms with van der Waals surface area (Å²) in [6, 6.07) is 8.63. The zero-order valence-electron chi connectivity index (χ0n) is 11.9. The van der Waals surface area contributed by atoms with Crippen LogP contribution in [-0.2, 0) is 21.5 Å². The Morgan fingerprint density at radius 1 is 1.33 bits per heavy atom. The minimum Gasteiger partial charge on any atom is -0.748 e. The molecule has 21 heavy (non-hydrogen) atoms. The minimum atomic E-state index is -4.34. The molecule has 0 aromatic heterocycles. The maximum Gasteiger partial charge on any atom is 1.00 e. The number of nitrogens with zero attached hydrogens (tertiary/aromatic N) is 1. The van der Waals surface area contributed by atoms with Gasteiger partial charge in [-0.3, -0.25) is 0 Å². The third kappa shape index (κ3) is 5.96. The normalized spacial score (nSPS) is 18.1. The van der Waals surface area contributed by atoms with Gasteiger partial charge in [0.15, 0.2) is 0 Å². The molecule has 0 radical (unpaired) electrons. The summed E-state index contributed by atoms with van der Waals surface area (Å²) in [5.41, 5.74) is 0.855. The first kappa shape index (κ1) is 18.4. The molecular weight excluding hydrogens is 305 g/mol. The molecule has 8 heteroatoms. The van der Waals surface area contributed by atoms with Gasteiger partial charge in [-0.15, -0.1) is 0 Å². The largest absolute Gasteiger partial charge is 1.00 e. The SMILES string of the molecule is O=C(OCc1ccccc1)N1CCC[C@H]1CS(=O)(=O)[O-].[Na+]. The Hall–Kier alpha value is -0.600. The number of benzene rings is 1. The first-order chi connectivity index (χ1) is 9.46. The van der Waals surface area contributed by atoms with Gasteiger partial charge in [0.2, 0.25) is 0 Å². The zero-order chi connectivity index (χ0) is 14.6. The average Bonchev–Trinajstić information content (AvgIpc) is 2.83. The Balaban J connectivity index is 0.00000220. The quantitative estimate of drug-likeness (QED) is 0.489. The van der Waals surface area contributed by atoms with E-state index in [1.807, 2.05) is 30.3 Å². The van der Waals surface area contributed by atoms with Crippen LogP contribution in [0.2, 0.25) is 0 Å². The Morgan fingerprint density at radius 2 is 2.00 bits per heavy atom. The maximum atomic E-state index is 11.9. The summed E-state index contributed by atoms with van der Waals surface area (Å²) < 4.78 is 37.5. The first-order valence-electron chi connectivity index (χ1n) is 6.36.